The highest BCUT2D eigenvalue weighted by Gasteiger charge is 2.36. The fraction of sp³-hybridized carbons (Fsp3) is 0.304. The van der Waals surface area contributed by atoms with E-state index in [0.717, 1.165) is 22.0 Å². The number of hydrogen-bond donors (Lipinski definition) is 2. The molecule has 0 radical (unpaired) electrons. The first kappa shape index (κ1) is 18.4. The first-order chi connectivity index (χ1) is 13.6. The molecule has 1 fully saturated rings. The van der Waals surface area contributed by atoms with Crippen LogP contribution in [0, 0.1) is 12.8 Å². The lowest BCUT2D eigenvalue weighted by molar-refractivity contribution is -0.125. The number of fused-ring (bicyclic) bond motifs is 1. The number of aryl methyl sites for hydroxylation is 1. The maximum Gasteiger partial charge on any atom is 0.258 e. The van der Waals surface area contributed by atoms with Gasteiger partial charge < -0.3 is 15.2 Å². The molecule has 28 heavy (non-hydrogen) atoms. The second-order valence-electron chi connectivity index (χ2n) is 7.50. The Morgan fingerprint density at radius 1 is 1.21 bits per heavy atom. The molecule has 0 saturated heterocycles. The number of aromatic nitrogens is 1. The van der Waals surface area contributed by atoms with Crippen molar-refractivity contribution in [3.8, 4) is 5.75 Å². The number of ether oxygens (including phenoxy) is 1. The summed E-state index contributed by atoms with van der Waals surface area (Å²) in [6, 6.07) is 17.4. The van der Waals surface area contributed by atoms with Crippen LogP contribution in [0.25, 0.3) is 10.9 Å². The Morgan fingerprint density at radius 2 is 2.04 bits per heavy atom. The van der Waals surface area contributed by atoms with E-state index >= 15 is 0 Å². The quantitative estimate of drug-likeness (QED) is 0.690. The van der Waals surface area contributed by atoms with Gasteiger partial charge in [-0.15, -0.1) is 0 Å². The SMILES string of the molecule is Cc1cccc(OCC(=O)NC(c2cnc3ccccc3c2)C2CC(O)C2)c1. The number of pyridine rings is 1. The molecule has 1 amide bonds. The molecule has 2 N–H and O–H groups in total. The van der Waals surface area contributed by atoms with Crippen LogP contribution in [0.15, 0.2) is 60.8 Å². The van der Waals surface area contributed by atoms with E-state index in [1.807, 2.05) is 61.7 Å². The van der Waals surface area contributed by atoms with Crippen molar-refractivity contribution >= 4 is 16.8 Å². The van der Waals surface area contributed by atoms with Gasteiger partial charge in [-0.2, -0.15) is 0 Å². The third-order valence-electron chi connectivity index (χ3n) is 5.27. The van der Waals surface area contributed by atoms with Crippen molar-refractivity contribution < 1.29 is 14.6 Å². The maximum atomic E-state index is 12.6. The van der Waals surface area contributed by atoms with Gasteiger partial charge in [0.1, 0.15) is 5.75 Å². The zero-order valence-electron chi connectivity index (χ0n) is 15.8. The van der Waals surface area contributed by atoms with Gasteiger partial charge in [-0.1, -0.05) is 30.3 Å². The Hall–Kier alpha value is -2.92. The zero-order valence-corrected chi connectivity index (χ0v) is 15.8. The van der Waals surface area contributed by atoms with Crippen LogP contribution in [0.5, 0.6) is 5.75 Å². The van der Waals surface area contributed by atoms with Crippen LogP contribution in [-0.2, 0) is 4.79 Å². The average molecular weight is 376 g/mol. The largest absolute Gasteiger partial charge is 0.484 e. The summed E-state index contributed by atoms with van der Waals surface area (Å²) >= 11 is 0. The van der Waals surface area contributed by atoms with E-state index in [2.05, 4.69) is 16.4 Å². The van der Waals surface area contributed by atoms with Crippen LogP contribution in [-0.4, -0.2) is 28.7 Å². The Bertz CT molecular complexity index is 982. The third-order valence-corrected chi connectivity index (χ3v) is 5.27. The molecule has 5 heteroatoms. The van der Waals surface area contributed by atoms with Crippen molar-refractivity contribution in [2.75, 3.05) is 6.61 Å². The highest BCUT2D eigenvalue weighted by Crippen LogP contribution is 2.38. The van der Waals surface area contributed by atoms with Crippen LogP contribution < -0.4 is 10.1 Å². The summed E-state index contributed by atoms with van der Waals surface area (Å²) in [4.78, 5) is 17.1. The van der Waals surface area contributed by atoms with E-state index in [9.17, 15) is 9.90 Å². The van der Waals surface area contributed by atoms with Gasteiger partial charge in [0.25, 0.3) is 5.91 Å². The highest BCUT2D eigenvalue weighted by molar-refractivity contribution is 5.80. The molecule has 0 spiro atoms. The molecule has 5 nitrogen and oxygen atoms in total. The topological polar surface area (TPSA) is 71.5 Å². The second kappa shape index (κ2) is 7.98. The maximum absolute atomic E-state index is 12.6. The minimum Gasteiger partial charge on any atom is -0.484 e. The van der Waals surface area contributed by atoms with Crippen LogP contribution in [0.3, 0.4) is 0 Å². The average Bonchev–Trinajstić information content (AvgIpc) is 2.68. The van der Waals surface area contributed by atoms with Gasteiger partial charge in [0.2, 0.25) is 0 Å². The van der Waals surface area contributed by atoms with Crippen LogP contribution in [0.4, 0.5) is 0 Å². The van der Waals surface area contributed by atoms with Gasteiger partial charge in [0.05, 0.1) is 17.7 Å². The number of aliphatic hydroxyl groups excluding tert-OH is 1. The number of carbonyl (C=O) groups is 1. The molecule has 1 aliphatic carbocycles. The van der Waals surface area contributed by atoms with Crippen LogP contribution >= 0.6 is 0 Å². The number of benzene rings is 2. The predicted molar refractivity (Wildman–Crippen MR) is 108 cm³/mol. The van der Waals surface area contributed by atoms with E-state index in [1.54, 1.807) is 0 Å². The van der Waals surface area contributed by atoms with Gasteiger partial charge in [-0.05, 0) is 61.1 Å². The molecule has 1 aromatic heterocycles. The molecule has 144 valence electrons. The second-order valence-corrected chi connectivity index (χ2v) is 7.50. The van der Waals surface area contributed by atoms with Gasteiger partial charge in [-0.25, -0.2) is 0 Å². The van der Waals surface area contributed by atoms with E-state index in [-0.39, 0.29) is 30.6 Å². The summed E-state index contributed by atoms with van der Waals surface area (Å²) in [5.41, 5.74) is 2.97. The lowest BCUT2D eigenvalue weighted by Gasteiger charge is -2.38. The normalized spacial score (nSPS) is 19.6. The molecule has 1 atom stereocenters. The van der Waals surface area contributed by atoms with Gasteiger partial charge in [0.15, 0.2) is 6.61 Å². The number of amides is 1. The van der Waals surface area contributed by atoms with Crippen molar-refractivity contribution in [2.45, 2.75) is 31.9 Å². The molecule has 1 aliphatic rings. The first-order valence-electron chi connectivity index (χ1n) is 9.60. The summed E-state index contributed by atoms with van der Waals surface area (Å²) < 4.78 is 5.63. The first-order valence-corrected chi connectivity index (χ1v) is 9.60. The van der Waals surface area contributed by atoms with E-state index in [1.165, 1.54) is 0 Å². The smallest absolute Gasteiger partial charge is 0.258 e. The zero-order chi connectivity index (χ0) is 19.5. The molecule has 2 aromatic carbocycles. The fourth-order valence-corrected chi connectivity index (χ4v) is 3.70. The van der Waals surface area contributed by atoms with E-state index in [0.29, 0.717) is 18.6 Å². The summed E-state index contributed by atoms with van der Waals surface area (Å²) in [5.74, 6) is 0.695. The lowest BCUT2D eigenvalue weighted by Crippen LogP contribution is -2.42. The molecule has 1 unspecified atom stereocenters. The molecule has 4 rings (SSSR count). The van der Waals surface area contributed by atoms with Crippen molar-refractivity contribution in [3.63, 3.8) is 0 Å². The Labute approximate surface area is 164 Å². The molecule has 0 aliphatic heterocycles. The lowest BCUT2D eigenvalue weighted by atomic mass is 9.75. The summed E-state index contributed by atoms with van der Waals surface area (Å²) in [7, 11) is 0. The summed E-state index contributed by atoms with van der Waals surface area (Å²) in [6.07, 6.45) is 2.88. The van der Waals surface area contributed by atoms with Crippen molar-refractivity contribution in [2.24, 2.45) is 5.92 Å². The number of aliphatic hydroxyl groups is 1. The standard InChI is InChI=1S/C23H24N2O3/c1-15-5-4-7-20(9-15)28-14-22(27)25-23(17-11-19(26)12-17)18-10-16-6-2-3-8-21(16)24-13-18/h2-10,13,17,19,23,26H,11-12,14H2,1H3,(H,25,27). The van der Waals surface area contributed by atoms with Crippen molar-refractivity contribution in [1.29, 1.82) is 0 Å². The number of para-hydroxylation sites is 1. The summed E-state index contributed by atoms with van der Waals surface area (Å²) in [5, 5.41) is 13.9. The minimum atomic E-state index is -0.290. The number of carbonyl (C=O) groups excluding carboxylic acids is 1. The van der Waals surface area contributed by atoms with Crippen LogP contribution in [0.2, 0.25) is 0 Å². The Kier molecular flexibility index (Phi) is 5.26. The predicted octanol–water partition coefficient (Wildman–Crippen LogP) is 3.55. The minimum absolute atomic E-state index is 0.0454. The van der Waals surface area contributed by atoms with E-state index in [4.69, 9.17) is 4.74 Å². The van der Waals surface area contributed by atoms with Crippen molar-refractivity contribution in [1.82, 2.24) is 10.3 Å². The molecule has 0 bridgehead atoms. The van der Waals surface area contributed by atoms with E-state index < -0.39 is 0 Å². The van der Waals surface area contributed by atoms with Gasteiger partial charge in [0, 0.05) is 11.6 Å². The summed E-state index contributed by atoms with van der Waals surface area (Å²) in [6.45, 7) is 1.94. The monoisotopic (exact) mass is 376 g/mol. The molecular formula is C23H24N2O3. The number of rotatable bonds is 6. The number of hydrogen-bond acceptors (Lipinski definition) is 4. The molecule has 1 saturated carbocycles. The van der Waals surface area contributed by atoms with Crippen LogP contribution in [0.1, 0.15) is 30.0 Å². The van der Waals surface area contributed by atoms with Crippen molar-refractivity contribution in [3.05, 3.63) is 71.9 Å². The molecule has 3 aromatic rings. The third kappa shape index (κ3) is 4.15. The molecule has 1 heterocycles. The number of nitrogens with zero attached hydrogens (tertiary/aromatic N) is 1. The van der Waals surface area contributed by atoms with Gasteiger partial charge >= 0.3 is 0 Å². The highest BCUT2D eigenvalue weighted by atomic mass is 16.5. The Balaban J connectivity index is 1.48. The fourth-order valence-electron chi connectivity index (χ4n) is 3.70. The van der Waals surface area contributed by atoms with Gasteiger partial charge in [-0.3, -0.25) is 9.78 Å². The Morgan fingerprint density at radius 3 is 2.82 bits per heavy atom. The number of nitrogens with one attached hydrogen (secondary N) is 1. The molecular weight excluding hydrogens is 352 g/mol.